The molecule has 1 fully saturated rings. The molecule has 6 nitrogen and oxygen atoms in total. The van der Waals surface area contributed by atoms with Crippen LogP contribution in [0.5, 0.6) is 0 Å². The summed E-state index contributed by atoms with van der Waals surface area (Å²) in [5.41, 5.74) is 0.960. The summed E-state index contributed by atoms with van der Waals surface area (Å²) in [4.78, 5) is 18.7. The van der Waals surface area contributed by atoms with Crippen LogP contribution in [0.2, 0.25) is 0 Å². The predicted octanol–water partition coefficient (Wildman–Crippen LogP) is 0.00400. The maximum Gasteiger partial charge on any atom is 0.239 e. The molecule has 1 N–H and O–H groups in total. The highest BCUT2D eigenvalue weighted by atomic mass is 16.2. The fourth-order valence-corrected chi connectivity index (χ4v) is 2.39. The molecule has 0 aromatic carbocycles. The number of hydrogen-bond donors (Lipinski definition) is 1. The Hall–Kier alpha value is -1.40. The Morgan fingerprint density at radius 2 is 2.16 bits per heavy atom. The van der Waals surface area contributed by atoms with Crippen LogP contribution < -0.4 is 0 Å². The number of piperazine rings is 1. The van der Waals surface area contributed by atoms with Gasteiger partial charge in [-0.05, 0) is 20.0 Å². The van der Waals surface area contributed by atoms with Crippen molar-refractivity contribution in [3.63, 3.8) is 0 Å². The number of aromatic amines is 1. The Balaban J connectivity index is 1.87. The first-order valence-corrected chi connectivity index (χ1v) is 6.73. The Labute approximate surface area is 114 Å². The molecule has 6 heteroatoms. The van der Waals surface area contributed by atoms with Gasteiger partial charge in [-0.2, -0.15) is 5.10 Å². The molecular weight excluding hydrogens is 242 g/mol. The number of H-pyrrole nitrogens is 1. The third-order valence-corrected chi connectivity index (χ3v) is 3.79. The molecule has 0 spiro atoms. The second-order valence-electron chi connectivity index (χ2n) is 5.29. The van der Waals surface area contributed by atoms with Gasteiger partial charge in [0, 0.05) is 39.4 Å². The molecule has 106 valence electrons. The number of aromatic nitrogens is 2. The van der Waals surface area contributed by atoms with E-state index in [0.29, 0.717) is 6.54 Å². The highest BCUT2D eigenvalue weighted by molar-refractivity contribution is 5.81. The van der Waals surface area contributed by atoms with Gasteiger partial charge >= 0.3 is 0 Å². The number of rotatable bonds is 4. The van der Waals surface area contributed by atoms with Crippen molar-refractivity contribution in [1.82, 2.24) is 24.9 Å². The van der Waals surface area contributed by atoms with Crippen molar-refractivity contribution in [3.05, 3.63) is 18.0 Å². The number of nitrogens with one attached hydrogen (secondary N) is 1. The van der Waals surface area contributed by atoms with Gasteiger partial charge in [-0.25, -0.2) is 0 Å². The van der Waals surface area contributed by atoms with Gasteiger partial charge in [-0.3, -0.25) is 14.8 Å². The lowest BCUT2D eigenvalue weighted by atomic mass is 10.2. The summed E-state index contributed by atoms with van der Waals surface area (Å²) in [6.07, 6.45) is 1.71. The Bertz CT molecular complexity index is 397. The minimum absolute atomic E-state index is 0.0541. The smallest absolute Gasteiger partial charge is 0.239 e. The quantitative estimate of drug-likeness (QED) is 0.833. The molecule has 0 radical (unpaired) electrons. The number of likely N-dealkylation sites (N-methyl/N-ethyl adjacent to an activating group) is 2. The van der Waals surface area contributed by atoms with Gasteiger partial charge in [0.1, 0.15) is 0 Å². The summed E-state index contributed by atoms with van der Waals surface area (Å²) in [5.74, 6) is 0.166. The third kappa shape index (κ3) is 3.54. The summed E-state index contributed by atoms with van der Waals surface area (Å²) in [7, 11) is 3.96. The minimum atomic E-state index is -0.0541. The van der Waals surface area contributed by atoms with Crippen molar-refractivity contribution in [2.75, 3.05) is 40.3 Å². The van der Waals surface area contributed by atoms with Crippen molar-refractivity contribution in [2.24, 2.45) is 0 Å². The SMILES string of the molecule is CC(C(=O)N(C)Cc1ccn[nH]1)N1CCN(C)CC1. The van der Waals surface area contributed by atoms with E-state index in [9.17, 15) is 4.79 Å². The molecule has 1 amide bonds. The molecule has 1 unspecified atom stereocenters. The molecule has 0 aliphatic carbocycles. The predicted molar refractivity (Wildman–Crippen MR) is 73.6 cm³/mol. The zero-order valence-corrected chi connectivity index (χ0v) is 12.0. The standard InChI is InChI=1S/C13H23N5O/c1-11(18-8-6-16(2)7-9-18)13(19)17(3)10-12-4-5-14-15-12/h4-5,11H,6-10H2,1-3H3,(H,14,15). The number of nitrogens with zero attached hydrogens (tertiary/aromatic N) is 4. The van der Waals surface area contributed by atoms with E-state index in [2.05, 4.69) is 27.0 Å². The molecule has 1 aliphatic rings. The molecular formula is C13H23N5O. The number of hydrogen-bond acceptors (Lipinski definition) is 4. The second-order valence-corrected chi connectivity index (χ2v) is 5.29. The summed E-state index contributed by atoms with van der Waals surface area (Å²) in [5, 5.41) is 6.78. The monoisotopic (exact) mass is 265 g/mol. The van der Waals surface area contributed by atoms with Crippen LogP contribution in [0.25, 0.3) is 0 Å². The van der Waals surface area contributed by atoms with Crippen LogP contribution >= 0.6 is 0 Å². The van der Waals surface area contributed by atoms with Crippen molar-refractivity contribution >= 4 is 5.91 Å². The van der Waals surface area contributed by atoms with E-state index in [1.807, 2.05) is 20.0 Å². The van der Waals surface area contributed by atoms with Crippen LogP contribution in [0.4, 0.5) is 0 Å². The highest BCUT2D eigenvalue weighted by Gasteiger charge is 2.26. The lowest BCUT2D eigenvalue weighted by Gasteiger charge is -2.37. The zero-order chi connectivity index (χ0) is 13.8. The molecule has 2 rings (SSSR count). The van der Waals surface area contributed by atoms with Crippen molar-refractivity contribution in [2.45, 2.75) is 19.5 Å². The lowest BCUT2D eigenvalue weighted by molar-refractivity contribution is -0.136. The van der Waals surface area contributed by atoms with Gasteiger partial charge in [0.15, 0.2) is 0 Å². The van der Waals surface area contributed by atoms with Crippen LogP contribution in [0.1, 0.15) is 12.6 Å². The average molecular weight is 265 g/mol. The molecule has 0 saturated carbocycles. The summed E-state index contributed by atoms with van der Waals surface area (Å²) in [6.45, 7) is 6.56. The maximum absolute atomic E-state index is 12.4. The number of amides is 1. The Morgan fingerprint density at radius 1 is 1.47 bits per heavy atom. The molecule has 1 aromatic rings. The Morgan fingerprint density at radius 3 is 2.74 bits per heavy atom. The third-order valence-electron chi connectivity index (χ3n) is 3.79. The summed E-state index contributed by atoms with van der Waals surface area (Å²) in [6, 6.07) is 1.84. The first kappa shape index (κ1) is 14.0. The van der Waals surface area contributed by atoms with Gasteiger partial charge in [0.05, 0.1) is 18.3 Å². The Kier molecular flexibility index (Phi) is 4.55. The largest absolute Gasteiger partial charge is 0.339 e. The fraction of sp³-hybridized carbons (Fsp3) is 0.692. The van der Waals surface area contributed by atoms with Gasteiger partial charge in [0.2, 0.25) is 5.91 Å². The fourth-order valence-electron chi connectivity index (χ4n) is 2.39. The van der Waals surface area contributed by atoms with E-state index < -0.39 is 0 Å². The molecule has 1 aliphatic heterocycles. The van der Waals surface area contributed by atoms with E-state index >= 15 is 0 Å². The van der Waals surface area contributed by atoms with E-state index in [-0.39, 0.29) is 11.9 Å². The van der Waals surface area contributed by atoms with Crippen LogP contribution in [0.3, 0.4) is 0 Å². The molecule has 1 aromatic heterocycles. The molecule has 0 bridgehead atoms. The van der Waals surface area contributed by atoms with E-state index in [1.165, 1.54) is 0 Å². The first-order chi connectivity index (χ1) is 9.08. The summed E-state index contributed by atoms with van der Waals surface area (Å²) >= 11 is 0. The minimum Gasteiger partial charge on any atom is -0.339 e. The zero-order valence-electron chi connectivity index (χ0n) is 12.0. The summed E-state index contributed by atoms with van der Waals surface area (Å²) < 4.78 is 0. The van der Waals surface area contributed by atoms with Gasteiger partial charge in [-0.1, -0.05) is 0 Å². The van der Waals surface area contributed by atoms with Gasteiger partial charge in [0.25, 0.3) is 0 Å². The lowest BCUT2D eigenvalue weighted by Crippen LogP contribution is -2.53. The van der Waals surface area contributed by atoms with Crippen LogP contribution in [-0.2, 0) is 11.3 Å². The normalized spacial score (nSPS) is 19.3. The topological polar surface area (TPSA) is 55.5 Å². The number of carbonyl (C=O) groups is 1. The highest BCUT2D eigenvalue weighted by Crippen LogP contribution is 2.09. The molecule has 1 atom stereocenters. The maximum atomic E-state index is 12.4. The van der Waals surface area contributed by atoms with E-state index in [1.54, 1.807) is 11.1 Å². The van der Waals surface area contributed by atoms with Gasteiger partial charge in [-0.15, -0.1) is 0 Å². The molecule has 1 saturated heterocycles. The second kappa shape index (κ2) is 6.16. The molecule has 19 heavy (non-hydrogen) atoms. The van der Waals surface area contributed by atoms with Crippen LogP contribution in [-0.4, -0.2) is 77.1 Å². The van der Waals surface area contributed by atoms with E-state index in [0.717, 1.165) is 31.9 Å². The van der Waals surface area contributed by atoms with Crippen molar-refractivity contribution < 1.29 is 4.79 Å². The van der Waals surface area contributed by atoms with Crippen molar-refractivity contribution in [3.8, 4) is 0 Å². The number of carbonyl (C=O) groups excluding carboxylic acids is 1. The molecule has 2 heterocycles. The first-order valence-electron chi connectivity index (χ1n) is 6.73. The van der Waals surface area contributed by atoms with Crippen LogP contribution in [0.15, 0.2) is 12.3 Å². The van der Waals surface area contributed by atoms with Crippen LogP contribution in [0, 0.1) is 0 Å². The van der Waals surface area contributed by atoms with E-state index in [4.69, 9.17) is 0 Å². The average Bonchev–Trinajstić information content (AvgIpc) is 2.90. The van der Waals surface area contributed by atoms with Gasteiger partial charge < -0.3 is 9.80 Å². The van der Waals surface area contributed by atoms with Crippen molar-refractivity contribution in [1.29, 1.82) is 0 Å².